The zero-order valence-electron chi connectivity index (χ0n) is 8.07. The lowest BCUT2D eigenvalue weighted by atomic mass is 10.1. The maximum Gasteiger partial charge on any atom is 0.0701 e. The van der Waals surface area contributed by atoms with Gasteiger partial charge in [0.1, 0.15) is 0 Å². The molecule has 70 valence electrons. The summed E-state index contributed by atoms with van der Waals surface area (Å²) in [6.45, 7) is 2.19. The molecule has 2 heteroatoms. The van der Waals surface area contributed by atoms with Gasteiger partial charge in [-0.1, -0.05) is 38.9 Å². The Bertz CT molecular complexity index is 394. The van der Waals surface area contributed by atoms with Gasteiger partial charge in [0.15, 0.2) is 0 Å². The summed E-state index contributed by atoms with van der Waals surface area (Å²) in [4.78, 5) is 4.31. The van der Waals surface area contributed by atoms with Crippen molar-refractivity contribution in [2.45, 2.75) is 0 Å². The van der Waals surface area contributed by atoms with Gasteiger partial charge in [-0.05, 0) is 24.1 Å². The largest absolute Gasteiger partial charge is 0.256 e. The molecule has 1 heterocycles. The van der Waals surface area contributed by atoms with E-state index in [4.69, 9.17) is 0 Å². The van der Waals surface area contributed by atoms with Gasteiger partial charge in [0, 0.05) is 11.8 Å². The molecule has 0 fully saturated rings. The van der Waals surface area contributed by atoms with Crippen LogP contribution in [0.1, 0.15) is 0 Å². The van der Waals surface area contributed by atoms with Crippen molar-refractivity contribution in [2.24, 2.45) is 0 Å². The first-order chi connectivity index (χ1) is 6.90. The van der Waals surface area contributed by atoms with Gasteiger partial charge < -0.3 is 0 Å². The van der Waals surface area contributed by atoms with Gasteiger partial charge in [0.05, 0.1) is 5.69 Å². The van der Waals surface area contributed by atoms with E-state index >= 15 is 0 Å². The van der Waals surface area contributed by atoms with Crippen molar-refractivity contribution in [2.75, 3.05) is 6.66 Å². The molecular formula is C12H12NP. The number of hydrogen-bond donors (Lipinski definition) is 0. The van der Waals surface area contributed by atoms with Crippen LogP contribution in [-0.4, -0.2) is 11.6 Å². The van der Waals surface area contributed by atoms with Crippen molar-refractivity contribution in [1.82, 2.24) is 4.98 Å². The molecule has 1 unspecified atom stereocenters. The molecule has 0 spiro atoms. The summed E-state index contributed by atoms with van der Waals surface area (Å²) in [6, 6.07) is 14.6. The highest BCUT2D eigenvalue weighted by Gasteiger charge is 1.96. The topological polar surface area (TPSA) is 12.9 Å². The van der Waals surface area contributed by atoms with Crippen LogP contribution in [0.25, 0.3) is 11.3 Å². The van der Waals surface area contributed by atoms with Gasteiger partial charge in [-0.2, -0.15) is 0 Å². The lowest BCUT2D eigenvalue weighted by molar-refractivity contribution is 1.33. The third-order valence-corrected chi connectivity index (χ3v) is 3.04. The van der Waals surface area contributed by atoms with Crippen LogP contribution in [0.5, 0.6) is 0 Å². The Labute approximate surface area is 86.0 Å². The Hall–Kier alpha value is -1.20. The van der Waals surface area contributed by atoms with Crippen LogP contribution >= 0.6 is 8.58 Å². The first-order valence-corrected chi connectivity index (χ1v) is 6.09. The van der Waals surface area contributed by atoms with E-state index in [2.05, 4.69) is 35.9 Å². The van der Waals surface area contributed by atoms with Crippen molar-refractivity contribution in [3.05, 3.63) is 48.7 Å². The van der Waals surface area contributed by atoms with Crippen molar-refractivity contribution in [3.63, 3.8) is 0 Å². The van der Waals surface area contributed by atoms with E-state index in [0.29, 0.717) is 0 Å². The number of hydrogen-bond acceptors (Lipinski definition) is 1. The Morgan fingerprint density at radius 2 is 1.79 bits per heavy atom. The van der Waals surface area contributed by atoms with E-state index < -0.39 is 0 Å². The second-order valence-corrected chi connectivity index (χ2v) is 4.12. The second-order valence-electron chi connectivity index (χ2n) is 3.04. The minimum atomic E-state index is 0.864. The second kappa shape index (κ2) is 4.34. The quantitative estimate of drug-likeness (QED) is 0.681. The normalized spacial score (nSPS) is 10.9. The van der Waals surface area contributed by atoms with E-state index in [1.807, 2.05) is 24.4 Å². The lowest BCUT2D eigenvalue weighted by Gasteiger charge is -2.01. The fourth-order valence-corrected chi connectivity index (χ4v) is 1.84. The summed E-state index contributed by atoms with van der Waals surface area (Å²) < 4.78 is 0. The Morgan fingerprint density at radius 1 is 1.00 bits per heavy atom. The molecule has 0 radical (unpaired) electrons. The van der Waals surface area contributed by atoms with Crippen molar-refractivity contribution < 1.29 is 0 Å². The van der Waals surface area contributed by atoms with E-state index in [1.54, 1.807) is 0 Å². The van der Waals surface area contributed by atoms with E-state index in [-0.39, 0.29) is 0 Å². The smallest absolute Gasteiger partial charge is 0.0701 e. The van der Waals surface area contributed by atoms with Gasteiger partial charge in [-0.15, -0.1) is 0 Å². The molecule has 0 N–H and O–H groups in total. The first kappa shape index (κ1) is 9.36. The summed E-state index contributed by atoms with van der Waals surface area (Å²) in [5.41, 5.74) is 2.23. The van der Waals surface area contributed by atoms with E-state index in [1.165, 1.54) is 10.9 Å². The average Bonchev–Trinajstić information content (AvgIpc) is 2.30. The molecule has 1 nitrogen and oxygen atoms in total. The average molecular weight is 201 g/mol. The summed E-state index contributed by atoms with van der Waals surface area (Å²) >= 11 is 0. The van der Waals surface area contributed by atoms with E-state index in [0.717, 1.165) is 14.3 Å². The predicted molar refractivity (Wildman–Crippen MR) is 63.5 cm³/mol. The SMILES string of the molecule is CPc1ccc(-c2ccccn2)cc1. The maximum atomic E-state index is 4.31. The minimum absolute atomic E-state index is 0.864. The van der Waals surface area contributed by atoms with Crippen LogP contribution < -0.4 is 5.30 Å². The zero-order chi connectivity index (χ0) is 9.80. The monoisotopic (exact) mass is 201 g/mol. The number of nitrogens with zero attached hydrogens (tertiary/aromatic N) is 1. The molecule has 1 atom stereocenters. The van der Waals surface area contributed by atoms with Gasteiger partial charge in [-0.25, -0.2) is 0 Å². The summed E-state index contributed by atoms with van der Waals surface area (Å²) in [5, 5.41) is 1.39. The Kier molecular flexibility index (Phi) is 2.90. The fourth-order valence-electron chi connectivity index (χ4n) is 1.34. The van der Waals surface area contributed by atoms with Crippen molar-refractivity contribution in [3.8, 4) is 11.3 Å². The van der Waals surface area contributed by atoms with Crippen LogP contribution in [0.15, 0.2) is 48.7 Å². The predicted octanol–water partition coefficient (Wildman–Crippen LogP) is 2.68. The molecule has 0 bridgehead atoms. The lowest BCUT2D eigenvalue weighted by Crippen LogP contribution is -1.91. The molecule has 0 amide bonds. The zero-order valence-corrected chi connectivity index (χ0v) is 9.07. The third-order valence-electron chi connectivity index (χ3n) is 2.13. The van der Waals surface area contributed by atoms with Gasteiger partial charge in [0.2, 0.25) is 0 Å². The van der Waals surface area contributed by atoms with Gasteiger partial charge in [-0.3, -0.25) is 4.98 Å². The Morgan fingerprint density at radius 3 is 2.36 bits per heavy atom. The molecule has 1 aromatic heterocycles. The van der Waals surface area contributed by atoms with Crippen LogP contribution in [0.4, 0.5) is 0 Å². The molecule has 0 aliphatic rings. The summed E-state index contributed by atoms with van der Waals surface area (Å²) in [7, 11) is 0.864. The van der Waals surface area contributed by atoms with Crippen LogP contribution in [0.3, 0.4) is 0 Å². The van der Waals surface area contributed by atoms with Gasteiger partial charge in [0.25, 0.3) is 0 Å². The molecule has 2 rings (SSSR count). The first-order valence-electron chi connectivity index (χ1n) is 4.59. The number of benzene rings is 1. The number of rotatable bonds is 2. The van der Waals surface area contributed by atoms with Crippen LogP contribution in [-0.2, 0) is 0 Å². The van der Waals surface area contributed by atoms with Crippen LogP contribution in [0.2, 0.25) is 0 Å². The number of pyridine rings is 1. The van der Waals surface area contributed by atoms with Crippen molar-refractivity contribution >= 4 is 13.9 Å². The van der Waals surface area contributed by atoms with Gasteiger partial charge >= 0.3 is 0 Å². The summed E-state index contributed by atoms with van der Waals surface area (Å²) in [6.07, 6.45) is 1.82. The maximum absolute atomic E-state index is 4.31. The highest BCUT2D eigenvalue weighted by atomic mass is 31.1. The molecular weight excluding hydrogens is 189 g/mol. The molecule has 0 saturated heterocycles. The summed E-state index contributed by atoms with van der Waals surface area (Å²) in [5.74, 6) is 0. The fraction of sp³-hybridized carbons (Fsp3) is 0.0833. The highest BCUT2D eigenvalue weighted by molar-refractivity contribution is 7.46. The minimum Gasteiger partial charge on any atom is -0.256 e. The molecule has 2 aromatic rings. The molecule has 1 aromatic carbocycles. The molecule has 14 heavy (non-hydrogen) atoms. The third kappa shape index (κ3) is 2.00. The Balaban J connectivity index is 2.34. The van der Waals surface area contributed by atoms with E-state index in [9.17, 15) is 0 Å². The van der Waals surface area contributed by atoms with Crippen molar-refractivity contribution in [1.29, 1.82) is 0 Å². The molecule has 0 aliphatic heterocycles. The molecule has 0 aliphatic carbocycles. The molecule has 0 saturated carbocycles. The van der Waals surface area contributed by atoms with Crippen LogP contribution in [0, 0.1) is 0 Å². The highest BCUT2D eigenvalue weighted by Crippen LogP contribution is 2.16. The standard InChI is InChI=1S/C12H12NP/c1-14-11-7-5-10(6-8-11)12-4-2-3-9-13-12/h2-9,14H,1H3. The number of aromatic nitrogens is 1.